The summed E-state index contributed by atoms with van der Waals surface area (Å²) >= 11 is 0. The van der Waals surface area contributed by atoms with Crippen LogP contribution in [0.3, 0.4) is 0 Å². The van der Waals surface area contributed by atoms with E-state index in [1.165, 1.54) is 4.31 Å². The van der Waals surface area contributed by atoms with Gasteiger partial charge in [0.1, 0.15) is 5.82 Å². The van der Waals surface area contributed by atoms with E-state index in [4.69, 9.17) is 5.73 Å². The number of pyridine rings is 1. The third-order valence-corrected chi connectivity index (χ3v) is 4.74. The van der Waals surface area contributed by atoms with Gasteiger partial charge in [0.05, 0.1) is 11.9 Å². The lowest BCUT2D eigenvalue weighted by Gasteiger charge is -2.35. The Bertz CT molecular complexity index is 508. The van der Waals surface area contributed by atoms with Crippen molar-refractivity contribution in [2.24, 2.45) is 0 Å². The first-order valence-electron chi connectivity index (χ1n) is 6.24. The van der Waals surface area contributed by atoms with Crippen molar-refractivity contribution >= 4 is 21.7 Å². The summed E-state index contributed by atoms with van der Waals surface area (Å²) in [5.74, 6) is 0.483. The molecule has 3 N–H and O–H groups in total. The fourth-order valence-corrected chi connectivity index (χ4v) is 3.24. The van der Waals surface area contributed by atoms with Crippen LogP contribution in [0.5, 0.6) is 0 Å². The van der Waals surface area contributed by atoms with E-state index >= 15 is 0 Å². The predicted molar refractivity (Wildman–Crippen MR) is 75.0 cm³/mol. The molecule has 2 heterocycles. The van der Waals surface area contributed by atoms with Gasteiger partial charge in [0.25, 0.3) is 10.2 Å². The number of rotatable bonds is 4. The molecular weight excluding hydrogens is 266 g/mol. The normalized spacial score (nSPS) is 17.6. The van der Waals surface area contributed by atoms with Crippen LogP contribution in [-0.4, -0.2) is 50.4 Å². The number of nitrogens with zero attached hydrogens (tertiary/aromatic N) is 3. The number of nitrogens with one attached hydrogen (secondary N) is 1. The van der Waals surface area contributed by atoms with E-state index in [0.29, 0.717) is 38.5 Å². The molecule has 0 spiro atoms. The summed E-state index contributed by atoms with van der Waals surface area (Å²) in [5.41, 5.74) is 6.51. The van der Waals surface area contributed by atoms with Gasteiger partial charge in [-0.1, -0.05) is 6.92 Å². The van der Waals surface area contributed by atoms with Crippen LogP contribution in [-0.2, 0) is 10.2 Å². The molecule has 0 amide bonds. The van der Waals surface area contributed by atoms with Crippen molar-refractivity contribution in [2.75, 3.05) is 43.4 Å². The molecule has 0 saturated carbocycles. The molecule has 0 bridgehead atoms. The number of aromatic nitrogens is 1. The van der Waals surface area contributed by atoms with E-state index in [-0.39, 0.29) is 0 Å². The van der Waals surface area contributed by atoms with E-state index in [2.05, 4.69) is 14.6 Å². The maximum atomic E-state index is 11.8. The van der Waals surface area contributed by atoms with Gasteiger partial charge in [0.15, 0.2) is 0 Å². The first-order chi connectivity index (χ1) is 9.03. The number of nitrogen functional groups attached to an aromatic ring is 1. The average molecular weight is 285 g/mol. The van der Waals surface area contributed by atoms with Gasteiger partial charge >= 0.3 is 0 Å². The highest BCUT2D eigenvalue weighted by atomic mass is 32.2. The molecule has 19 heavy (non-hydrogen) atoms. The van der Waals surface area contributed by atoms with Gasteiger partial charge in [-0.3, -0.25) is 0 Å². The highest BCUT2D eigenvalue weighted by molar-refractivity contribution is 7.87. The molecule has 0 aromatic carbocycles. The smallest absolute Gasteiger partial charge is 0.279 e. The van der Waals surface area contributed by atoms with Crippen LogP contribution in [0.1, 0.15) is 6.92 Å². The Morgan fingerprint density at radius 1 is 1.32 bits per heavy atom. The second-order valence-corrected chi connectivity index (χ2v) is 6.09. The highest BCUT2D eigenvalue weighted by Crippen LogP contribution is 2.16. The Morgan fingerprint density at radius 3 is 2.53 bits per heavy atom. The van der Waals surface area contributed by atoms with Gasteiger partial charge in [-0.05, 0) is 12.1 Å². The number of nitrogens with two attached hydrogens (primary N) is 1. The van der Waals surface area contributed by atoms with Crippen LogP contribution in [0, 0.1) is 0 Å². The quantitative estimate of drug-likeness (QED) is 0.788. The Labute approximate surface area is 113 Å². The van der Waals surface area contributed by atoms with Gasteiger partial charge < -0.3 is 10.6 Å². The Hall–Kier alpha value is -1.38. The zero-order valence-electron chi connectivity index (χ0n) is 10.9. The first-order valence-corrected chi connectivity index (χ1v) is 7.68. The molecular formula is C11H19N5O2S. The molecule has 7 nitrogen and oxygen atoms in total. The molecule has 0 radical (unpaired) electrons. The molecule has 1 aromatic rings. The van der Waals surface area contributed by atoms with Crippen molar-refractivity contribution in [2.45, 2.75) is 6.92 Å². The molecule has 8 heteroatoms. The van der Waals surface area contributed by atoms with E-state index in [0.717, 1.165) is 5.69 Å². The average Bonchev–Trinajstić information content (AvgIpc) is 2.40. The van der Waals surface area contributed by atoms with Crippen molar-refractivity contribution in [3.8, 4) is 0 Å². The SMILES string of the molecule is CCNS(=O)(=O)N1CCN(c2ccc(N)nc2)CC1. The van der Waals surface area contributed by atoms with Crippen molar-refractivity contribution in [1.29, 1.82) is 0 Å². The minimum Gasteiger partial charge on any atom is -0.384 e. The minimum atomic E-state index is -3.32. The van der Waals surface area contributed by atoms with Crippen LogP contribution < -0.4 is 15.4 Å². The molecule has 1 aliphatic rings. The van der Waals surface area contributed by atoms with E-state index in [9.17, 15) is 8.42 Å². The standard InChI is InChI=1S/C11H19N5O2S/c1-2-14-19(17,18)16-7-5-15(6-8-16)10-3-4-11(12)13-9-10/h3-4,9,14H,2,5-8H2,1H3,(H2,12,13). The predicted octanol–water partition coefficient (Wildman–Crippen LogP) is -0.360. The Balaban J connectivity index is 1.98. The van der Waals surface area contributed by atoms with Gasteiger partial charge in [0.2, 0.25) is 0 Å². The van der Waals surface area contributed by atoms with E-state index in [1.54, 1.807) is 19.2 Å². The lowest BCUT2D eigenvalue weighted by molar-refractivity contribution is 0.379. The van der Waals surface area contributed by atoms with E-state index < -0.39 is 10.2 Å². The summed E-state index contributed by atoms with van der Waals surface area (Å²) in [4.78, 5) is 6.15. The third kappa shape index (κ3) is 3.34. The monoisotopic (exact) mass is 285 g/mol. The van der Waals surface area contributed by atoms with Gasteiger partial charge in [-0.15, -0.1) is 0 Å². The van der Waals surface area contributed by atoms with E-state index in [1.807, 2.05) is 6.07 Å². The lowest BCUT2D eigenvalue weighted by atomic mass is 10.3. The van der Waals surface area contributed by atoms with Crippen LogP contribution in [0.4, 0.5) is 11.5 Å². The van der Waals surface area contributed by atoms with Gasteiger partial charge in [0, 0.05) is 32.7 Å². The maximum Gasteiger partial charge on any atom is 0.279 e. The molecule has 0 aliphatic carbocycles. The van der Waals surface area contributed by atoms with Crippen LogP contribution >= 0.6 is 0 Å². The van der Waals surface area contributed by atoms with Crippen LogP contribution in [0.15, 0.2) is 18.3 Å². The molecule has 1 saturated heterocycles. The molecule has 2 rings (SSSR count). The Kier molecular flexibility index (Phi) is 4.23. The number of piperazine rings is 1. The fourth-order valence-electron chi connectivity index (χ4n) is 2.04. The van der Waals surface area contributed by atoms with Crippen molar-refractivity contribution in [3.63, 3.8) is 0 Å². The minimum absolute atomic E-state index is 0.407. The topological polar surface area (TPSA) is 91.6 Å². The molecule has 0 atom stereocenters. The fraction of sp³-hybridized carbons (Fsp3) is 0.545. The molecule has 0 unspecified atom stereocenters. The number of hydrogen-bond donors (Lipinski definition) is 2. The summed E-state index contributed by atoms with van der Waals surface area (Å²) in [6.45, 7) is 4.42. The zero-order valence-corrected chi connectivity index (χ0v) is 11.7. The summed E-state index contributed by atoms with van der Waals surface area (Å²) in [7, 11) is -3.32. The second kappa shape index (κ2) is 5.72. The molecule has 1 aromatic heterocycles. The first kappa shape index (κ1) is 14.0. The van der Waals surface area contributed by atoms with Gasteiger partial charge in [-0.2, -0.15) is 12.7 Å². The zero-order chi connectivity index (χ0) is 13.9. The third-order valence-electron chi connectivity index (χ3n) is 3.04. The largest absolute Gasteiger partial charge is 0.384 e. The van der Waals surface area contributed by atoms with Crippen molar-refractivity contribution in [1.82, 2.24) is 14.0 Å². The molecule has 106 valence electrons. The number of hydrogen-bond acceptors (Lipinski definition) is 5. The maximum absolute atomic E-state index is 11.8. The van der Waals surface area contributed by atoms with Crippen LogP contribution in [0.2, 0.25) is 0 Å². The highest BCUT2D eigenvalue weighted by Gasteiger charge is 2.26. The molecule has 1 fully saturated rings. The van der Waals surface area contributed by atoms with Gasteiger partial charge in [-0.25, -0.2) is 9.71 Å². The second-order valence-electron chi connectivity index (χ2n) is 4.33. The summed E-state index contributed by atoms with van der Waals surface area (Å²) in [5, 5.41) is 0. The van der Waals surface area contributed by atoms with Crippen LogP contribution in [0.25, 0.3) is 0 Å². The summed E-state index contributed by atoms with van der Waals surface area (Å²) in [6.07, 6.45) is 1.71. The van der Waals surface area contributed by atoms with Crippen molar-refractivity contribution < 1.29 is 8.42 Å². The lowest BCUT2D eigenvalue weighted by Crippen LogP contribution is -2.52. The molecule has 1 aliphatic heterocycles. The summed E-state index contributed by atoms with van der Waals surface area (Å²) in [6, 6.07) is 3.65. The summed E-state index contributed by atoms with van der Waals surface area (Å²) < 4.78 is 27.7. The van der Waals surface area contributed by atoms with Crippen molar-refractivity contribution in [3.05, 3.63) is 18.3 Å². The Morgan fingerprint density at radius 2 is 2.00 bits per heavy atom. The number of anilines is 2.